The highest BCUT2D eigenvalue weighted by Gasteiger charge is 2.32. The van der Waals surface area contributed by atoms with E-state index in [1.54, 1.807) is 18.2 Å². The molecule has 0 saturated heterocycles. The molecule has 0 aliphatic heterocycles. The Kier molecular flexibility index (Phi) is 2.83. The molecule has 3 nitrogen and oxygen atoms in total. The van der Waals surface area contributed by atoms with Crippen molar-refractivity contribution in [2.75, 3.05) is 7.11 Å². The van der Waals surface area contributed by atoms with Crippen molar-refractivity contribution < 1.29 is 14.6 Å². The van der Waals surface area contributed by atoms with Crippen molar-refractivity contribution >= 4 is 5.78 Å². The van der Waals surface area contributed by atoms with Crippen LogP contribution in [0.3, 0.4) is 0 Å². The van der Waals surface area contributed by atoms with Gasteiger partial charge in [-0.15, -0.1) is 6.58 Å². The number of methoxy groups -OCH3 is 1. The number of benzene rings is 2. The lowest BCUT2D eigenvalue weighted by Crippen LogP contribution is -2.01. The van der Waals surface area contributed by atoms with E-state index in [1.807, 2.05) is 18.2 Å². The standard InChI is InChI=1S/C17H14O3/c1-3-6-10-9-13(20-2)17(19)15-11-7-4-5-8-12(11)16(18)14(10)15/h3-5,7-9,19H,1,6H2,2H3. The minimum Gasteiger partial charge on any atom is -0.504 e. The van der Waals surface area contributed by atoms with E-state index >= 15 is 0 Å². The first kappa shape index (κ1) is 12.5. The van der Waals surface area contributed by atoms with E-state index in [9.17, 15) is 9.90 Å². The molecule has 20 heavy (non-hydrogen) atoms. The van der Waals surface area contributed by atoms with Crippen LogP contribution in [-0.2, 0) is 6.42 Å². The average molecular weight is 266 g/mol. The highest BCUT2D eigenvalue weighted by atomic mass is 16.5. The highest BCUT2D eigenvalue weighted by Crippen LogP contribution is 2.48. The number of fused-ring (bicyclic) bond motifs is 3. The number of phenols is 1. The molecule has 2 aromatic carbocycles. The summed E-state index contributed by atoms with van der Waals surface area (Å²) in [6.45, 7) is 3.72. The molecule has 100 valence electrons. The van der Waals surface area contributed by atoms with Gasteiger partial charge in [0.15, 0.2) is 17.3 Å². The van der Waals surface area contributed by atoms with Crippen LogP contribution in [0.1, 0.15) is 21.5 Å². The van der Waals surface area contributed by atoms with Crippen molar-refractivity contribution in [3.63, 3.8) is 0 Å². The second-order valence-electron chi connectivity index (χ2n) is 4.70. The summed E-state index contributed by atoms with van der Waals surface area (Å²) in [4.78, 5) is 12.5. The van der Waals surface area contributed by atoms with Crippen LogP contribution in [0.5, 0.6) is 11.5 Å². The predicted molar refractivity (Wildman–Crippen MR) is 77.4 cm³/mol. The van der Waals surface area contributed by atoms with Gasteiger partial charge in [0.1, 0.15) is 0 Å². The van der Waals surface area contributed by atoms with Gasteiger partial charge in [-0.1, -0.05) is 30.3 Å². The van der Waals surface area contributed by atoms with Gasteiger partial charge in [-0.25, -0.2) is 0 Å². The number of carbonyl (C=O) groups is 1. The van der Waals surface area contributed by atoms with Gasteiger partial charge in [0.2, 0.25) is 0 Å². The number of ether oxygens (including phenoxy) is 1. The molecule has 0 bridgehead atoms. The molecule has 1 aliphatic carbocycles. The van der Waals surface area contributed by atoms with E-state index in [0.29, 0.717) is 28.9 Å². The Labute approximate surface area is 117 Å². The van der Waals surface area contributed by atoms with E-state index in [0.717, 1.165) is 11.1 Å². The van der Waals surface area contributed by atoms with Crippen LogP contribution in [-0.4, -0.2) is 18.0 Å². The normalized spacial score (nSPS) is 11.9. The smallest absolute Gasteiger partial charge is 0.194 e. The first-order chi connectivity index (χ1) is 9.69. The number of ketones is 1. The monoisotopic (exact) mass is 266 g/mol. The molecule has 0 fully saturated rings. The minimum absolute atomic E-state index is 0.0219. The molecule has 0 atom stereocenters. The summed E-state index contributed by atoms with van der Waals surface area (Å²) in [6, 6.07) is 9.01. The van der Waals surface area contributed by atoms with Crippen molar-refractivity contribution in [3.8, 4) is 22.6 Å². The molecule has 1 N–H and O–H groups in total. The van der Waals surface area contributed by atoms with Gasteiger partial charge in [0.25, 0.3) is 0 Å². The summed E-state index contributed by atoms with van der Waals surface area (Å²) < 4.78 is 5.21. The zero-order chi connectivity index (χ0) is 14.3. The Morgan fingerprint density at radius 2 is 1.95 bits per heavy atom. The van der Waals surface area contributed by atoms with Gasteiger partial charge in [-0.2, -0.15) is 0 Å². The van der Waals surface area contributed by atoms with Crippen molar-refractivity contribution in [2.45, 2.75) is 6.42 Å². The quantitative estimate of drug-likeness (QED) is 0.739. The van der Waals surface area contributed by atoms with E-state index in [-0.39, 0.29) is 11.5 Å². The predicted octanol–water partition coefficient (Wildman–Crippen LogP) is 3.34. The zero-order valence-corrected chi connectivity index (χ0v) is 11.1. The van der Waals surface area contributed by atoms with Crippen LogP contribution in [0.15, 0.2) is 43.0 Å². The molecule has 2 aromatic rings. The molecule has 0 spiro atoms. The molecular formula is C17H14O3. The fourth-order valence-electron chi connectivity index (χ4n) is 2.73. The maximum Gasteiger partial charge on any atom is 0.194 e. The minimum atomic E-state index is -0.0506. The van der Waals surface area contributed by atoms with Crippen molar-refractivity contribution in [1.29, 1.82) is 0 Å². The average Bonchev–Trinajstić information content (AvgIpc) is 2.77. The fraction of sp³-hybridized carbons (Fsp3) is 0.118. The van der Waals surface area contributed by atoms with Crippen molar-refractivity contribution in [3.05, 3.63) is 59.7 Å². The maximum atomic E-state index is 12.5. The van der Waals surface area contributed by atoms with Crippen molar-refractivity contribution in [1.82, 2.24) is 0 Å². The molecule has 3 rings (SSSR count). The van der Waals surface area contributed by atoms with Crippen molar-refractivity contribution in [2.24, 2.45) is 0 Å². The third-order valence-corrected chi connectivity index (χ3v) is 3.60. The van der Waals surface area contributed by atoms with Crippen LogP contribution >= 0.6 is 0 Å². The Balaban J connectivity index is 2.39. The van der Waals surface area contributed by atoms with Gasteiger partial charge >= 0.3 is 0 Å². The molecular weight excluding hydrogens is 252 g/mol. The summed E-state index contributed by atoms with van der Waals surface area (Å²) in [5.41, 5.74) is 3.34. The SMILES string of the molecule is C=CCc1cc(OC)c(O)c2c1C(=O)c1ccccc1-2. The van der Waals surface area contributed by atoms with Crippen LogP contribution in [0.4, 0.5) is 0 Å². The van der Waals surface area contributed by atoms with Gasteiger partial charge in [-0.05, 0) is 23.6 Å². The summed E-state index contributed by atoms with van der Waals surface area (Å²) in [5.74, 6) is 0.351. The summed E-state index contributed by atoms with van der Waals surface area (Å²) in [5, 5.41) is 10.4. The molecule has 0 amide bonds. The molecule has 0 heterocycles. The van der Waals surface area contributed by atoms with Gasteiger partial charge in [0, 0.05) is 16.7 Å². The number of carbonyl (C=O) groups excluding carboxylic acids is 1. The number of allylic oxidation sites excluding steroid dienone is 1. The van der Waals surface area contributed by atoms with Crippen LogP contribution in [0.2, 0.25) is 0 Å². The van der Waals surface area contributed by atoms with E-state index < -0.39 is 0 Å². The lowest BCUT2D eigenvalue weighted by molar-refractivity contribution is 0.104. The molecule has 0 aromatic heterocycles. The molecule has 1 aliphatic rings. The lowest BCUT2D eigenvalue weighted by Gasteiger charge is -2.12. The number of hydrogen-bond acceptors (Lipinski definition) is 3. The number of rotatable bonds is 3. The first-order valence-electron chi connectivity index (χ1n) is 6.36. The third kappa shape index (κ3) is 1.56. The maximum absolute atomic E-state index is 12.5. The number of aromatic hydroxyl groups is 1. The van der Waals surface area contributed by atoms with E-state index in [1.165, 1.54) is 7.11 Å². The summed E-state index contributed by atoms with van der Waals surface area (Å²) in [6.07, 6.45) is 2.29. The van der Waals surface area contributed by atoms with Gasteiger partial charge in [-0.3, -0.25) is 4.79 Å². The topological polar surface area (TPSA) is 46.5 Å². The summed E-state index contributed by atoms with van der Waals surface area (Å²) >= 11 is 0. The zero-order valence-electron chi connectivity index (χ0n) is 11.1. The Morgan fingerprint density at radius 3 is 2.60 bits per heavy atom. The van der Waals surface area contributed by atoms with Gasteiger partial charge < -0.3 is 9.84 Å². The molecule has 0 saturated carbocycles. The van der Waals surface area contributed by atoms with Crippen LogP contribution in [0, 0.1) is 0 Å². The fourth-order valence-corrected chi connectivity index (χ4v) is 2.73. The number of hydrogen-bond donors (Lipinski definition) is 1. The van der Waals surface area contributed by atoms with E-state index in [4.69, 9.17) is 4.74 Å². The lowest BCUT2D eigenvalue weighted by atomic mass is 9.97. The van der Waals surface area contributed by atoms with Crippen LogP contribution < -0.4 is 4.74 Å². The largest absolute Gasteiger partial charge is 0.504 e. The van der Waals surface area contributed by atoms with Gasteiger partial charge in [0.05, 0.1) is 7.11 Å². The third-order valence-electron chi connectivity index (χ3n) is 3.60. The van der Waals surface area contributed by atoms with Crippen LogP contribution in [0.25, 0.3) is 11.1 Å². The Morgan fingerprint density at radius 1 is 1.25 bits per heavy atom. The summed E-state index contributed by atoms with van der Waals surface area (Å²) in [7, 11) is 1.50. The Hall–Kier alpha value is -2.55. The molecule has 0 unspecified atom stereocenters. The second kappa shape index (κ2) is 4.53. The second-order valence-corrected chi connectivity index (χ2v) is 4.70. The van der Waals surface area contributed by atoms with E-state index in [2.05, 4.69) is 6.58 Å². The first-order valence-corrected chi connectivity index (χ1v) is 6.36. The Bertz CT molecular complexity index is 729. The molecule has 0 radical (unpaired) electrons. The highest BCUT2D eigenvalue weighted by molar-refractivity contribution is 6.23. The molecule has 3 heteroatoms. The number of phenolic OH excluding ortho intramolecular Hbond substituents is 1.